The van der Waals surface area contributed by atoms with E-state index < -0.39 is 0 Å². The van der Waals surface area contributed by atoms with E-state index in [0.29, 0.717) is 5.91 Å². The first-order valence-corrected chi connectivity index (χ1v) is 8.87. The molecular formula is C19H25N3O. The van der Waals surface area contributed by atoms with Gasteiger partial charge in [-0.05, 0) is 56.2 Å². The molecule has 1 atom stereocenters. The summed E-state index contributed by atoms with van der Waals surface area (Å²) < 4.78 is 2.18. The van der Waals surface area contributed by atoms with Crippen molar-refractivity contribution in [2.24, 2.45) is 11.8 Å². The summed E-state index contributed by atoms with van der Waals surface area (Å²) in [5, 5.41) is 0. The van der Waals surface area contributed by atoms with Crippen LogP contribution in [0, 0.1) is 18.8 Å². The van der Waals surface area contributed by atoms with Gasteiger partial charge in [-0.3, -0.25) is 4.79 Å². The van der Waals surface area contributed by atoms with Crippen LogP contribution in [0.5, 0.6) is 0 Å². The van der Waals surface area contributed by atoms with Gasteiger partial charge in [-0.25, -0.2) is 4.98 Å². The van der Waals surface area contributed by atoms with Crippen LogP contribution in [-0.4, -0.2) is 33.3 Å². The SMILES string of the molecule is Cc1ccn2c3c(nc2c1)CCC(C(=O)N1CCC(C)CC1)C3. The largest absolute Gasteiger partial charge is 0.342 e. The number of aryl methyl sites for hydroxylation is 2. The van der Waals surface area contributed by atoms with Gasteiger partial charge in [0, 0.05) is 37.3 Å². The van der Waals surface area contributed by atoms with E-state index in [1.54, 1.807) is 0 Å². The summed E-state index contributed by atoms with van der Waals surface area (Å²) in [7, 11) is 0. The summed E-state index contributed by atoms with van der Waals surface area (Å²) in [5.41, 5.74) is 4.69. The highest BCUT2D eigenvalue weighted by Crippen LogP contribution is 2.29. The molecule has 1 fully saturated rings. The standard InChI is InChI=1S/C19H25N3O/c1-13-5-8-21(9-6-13)19(23)15-3-4-16-17(12-15)22-10-7-14(2)11-18(22)20-16/h7,10-11,13,15H,3-6,8-9,12H2,1-2H3. The van der Waals surface area contributed by atoms with Crippen LogP contribution in [0.25, 0.3) is 5.65 Å². The summed E-state index contributed by atoms with van der Waals surface area (Å²) in [6.07, 6.45) is 7.12. The first kappa shape index (κ1) is 14.7. The molecule has 2 aliphatic rings. The van der Waals surface area contributed by atoms with Gasteiger partial charge in [0.1, 0.15) is 5.65 Å². The Balaban J connectivity index is 1.56. The summed E-state index contributed by atoms with van der Waals surface area (Å²) in [6, 6.07) is 4.24. The number of carbonyl (C=O) groups excluding carboxylic acids is 1. The third-order valence-electron chi connectivity index (χ3n) is 5.58. The van der Waals surface area contributed by atoms with Gasteiger partial charge in [0.15, 0.2) is 0 Å². The van der Waals surface area contributed by atoms with Crippen LogP contribution >= 0.6 is 0 Å². The minimum absolute atomic E-state index is 0.136. The first-order chi connectivity index (χ1) is 11.1. The smallest absolute Gasteiger partial charge is 0.226 e. The number of carbonyl (C=O) groups is 1. The van der Waals surface area contributed by atoms with Crippen molar-refractivity contribution in [1.82, 2.24) is 14.3 Å². The molecule has 0 N–H and O–H groups in total. The normalized spacial score (nSPS) is 22.3. The highest BCUT2D eigenvalue weighted by molar-refractivity contribution is 5.79. The van der Waals surface area contributed by atoms with Gasteiger partial charge in [0.2, 0.25) is 5.91 Å². The fourth-order valence-corrected chi connectivity index (χ4v) is 4.01. The van der Waals surface area contributed by atoms with Gasteiger partial charge < -0.3 is 9.30 Å². The Kier molecular flexibility index (Phi) is 3.63. The second-order valence-corrected chi connectivity index (χ2v) is 7.39. The van der Waals surface area contributed by atoms with Crippen molar-refractivity contribution >= 4 is 11.6 Å². The van der Waals surface area contributed by atoms with Crippen LogP contribution in [0.2, 0.25) is 0 Å². The summed E-state index contributed by atoms with van der Waals surface area (Å²) in [4.78, 5) is 19.7. The average molecular weight is 311 g/mol. The van der Waals surface area contributed by atoms with Crippen LogP contribution in [0.4, 0.5) is 0 Å². The number of hydrogen-bond donors (Lipinski definition) is 0. The lowest BCUT2D eigenvalue weighted by molar-refractivity contribution is -0.137. The van der Waals surface area contributed by atoms with Crippen molar-refractivity contribution in [2.45, 2.75) is 46.0 Å². The summed E-state index contributed by atoms with van der Waals surface area (Å²) in [6.45, 7) is 6.26. The fraction of sp³-hybridized carbons (Fsp3) is 0.579. The maximum atomic E-state index is 12.9. The molecule has 0 bridgehead atoms. The quantitative estimate of drug-likeness (QED) is 0.812. The van der Waals surface area contributed by atoms with Crippen molar-refractivity contribution in [3.63, 3.8) is 0 Å². The van der Waals surface area contributed by atoms with Gasteiger partial charge in [-0.15, -0.1) is 0 Å². The predicted molar refractivity (Wildman–Crippen MR) is 90.4 cm³/mol. The number of aromatic nitrogens is 2. The number of fused-ring (bicyclic) bond motifs is 3. The molecule has 2 aromatic heterocycles. The molecule has 4 heteroatoms. The number of hydrogen-bond acceptors (Lipinski definition) is 2. The summed E-state index contributed by atoms with van der Waals surface area (Å²) >= 11 is 0. The van der Waals surface area contributed by atoms with Crippen LogP contribution in [0.15, 0.2) is 18.3 Å². The van der Waals surface area contributed by atoms with Gasteiger partial charge in [0.05, 0.1) is 5.69 Å². The molecule has 4 nitrogen and oxygen atoms in total. The second kappa shape index (κ2) is 5.66. The molecule has 0 radical (unpaired) electrons. The Morgan fingerprint density at radius 2 is 2.04 bits per heavy atom. The molecule has 1 unspecified atom stereocenters. The Hall–Kier alpha value is -1.84. The van der Waals surface area contributed by atoms with Crippen LogP contribution in [-0.2, 0) is 17.6 Å². The third kappa shape index (κ3) is 2.64. The van der Waals surface area contributed by atoms with Crippen LogP contribution < -0.4 is 0 Å². The highest BCUT2D eigenvalue weighted by atomic mass is 16.2. The lowest BCUT2D eigenvalue weighted by Gasteiger charge is -2.34. The number of pyridine rings is 1. The number of amides is 1. The molecule has 0 aromatic carbocycles. The molecule has 3 heterocycles. The van der Waals surface area contributed by atoms with Crippen molar-refractivity contribution in [3.8, 4) is 0 Å². The van der Waals surface area contributed by atoms with E-state index in [-0.39, 0.29) is 5.92 Å². The Morgan fingerprint density at radius 3 is 2.83 bits per heavy atom. The van der Waals surface area contributed by atoms with E-state index in [2.05, 4.69) is 41.5 Å². The molecule has 1 amide bonds. The van der Waals surface area contributed by atoms with Gasteiger partial charge in [-0.2, -0.15) is 0 Å². The maximum Gasteiger partial charge on any atom is 0.226 e. The number of piperidine rings is 1. The van der Waals surface area contributed by atoms with Crippen LogP contribution in [0.3, 0.4) is 0 Å². The maximum absolute atomic E-state index is 12.9. The molecule has 1 aliphatic heterocycles. The molecule has 23 heavy (non-hydrogen) atoms. The molecule has 122 valence electrons. The Labute approximate surface area is 137 Å². The fourth-order valence-electron chi connectivity index (χ4n) is 4.01. The van der Waals surface area contributed by atoms with Gasteiger partial charge in [0.25, 0.3) is 0 Å². The third-order valence-corrected chi connectivity index (χ3v) is 5.58. The Morgan fingerprint density at radius 1 is 1.26 bits per heavy atom. The molecular weight excluding hydrogens is 286 g/mol. The molecule has 2 aromatic rings. The van der Waals surface area contributed by atoms with Crippen molar-refractivity contribution < 1.29 is 4.79 Å². The van der Waals surface area contributed by atoms with Crippen molar-refractivity contribution in [3.05, 3.63) is 35.3 Å². The molecule has 0 saturated carbocycles. The van der Waals surface area contributed by atoms with E-state index in [9.17, 15) is 4.79 Å². The Bertz CT molecular complexity index is 740. The van der Waals surface area contributed by atoms with Gasteiger partial charge >= 0.3 is 0 Å². The lowest BCUT2D eigenvalue weighted by Crippen LogP contribution is -2.42. The summed E-state index contributed by atoms with van der Waals surface area (Å²) in [5.74, 6) is 1.26. The average Bonchev–Trinajstić information content (AvgIpc) is 2.91. The van der Waals surface area contributed by atoms with E-state index in [1.807, 2.05) is 0 Å². The molecule has 4 rings (SSSR count). The van der Waals surface area contributed by atoms with Crippen molar-refractivity contribution in [1.29, 1.82) is 0 Å². The monoisotopic (exact) mass is 311 g/mol. The second-order valence-electron chi connectivity index (χ2n) is 7.39. The minimum atomic E-state index is 0.136. The minimum Gasteiger partial charge on any atom is -0.342 e. The topological polar surface area (TPSA) is 37.6 Å². The zero-order valence-electron chi connectivity index (χ0n) is 14.1. The van der Waals surface area contributed by atoms with E-state index >= 15 is 0 Å². The van der Waals surface area contributed by atoms with Crippen LogP contribution in [0.1, 0.15) is 43.1 Å². The number of imidazole rings is 1. The number of nitrogens with zero attached hydrogens (tertiary/aromatic N) is 3. The van der Waals surface area contributed by atoms with Crippen molar-refractivity contribution in [2.75, 3.05) is 13.1 Å². The first-order valence-electron chi connectivity index (χ1n) is 8.87. The predicted octanol–water partition coefficient (Wildman–Crippen LogP) is 3.01. The zero-order chi connectivity index (χ0) is 16.0. The van der Waals surface area contributed by atoms with Gasteiger partial charge in [-0.1, -0.05) is 6.92 Å². The molecule has 0 spiro atoms. The number of rotatable bonds is 1. The van der Waals surface area contributed by atoms with E-state index in [1.165, 1.54) is 17.0 Å². The molecule has 1 saturated heterocycles. The van der Waals surface area contributed by atoms with E-state index in [0.717, 1.165) is 56.8 Å². The highest BCUT2D eigenvalue weighted by Gasteiger charge is 2.32. The van der Waals surface area contributed by atoms with E-state index in [4.69, 9.17) is 4.98 Å². The molecule has 1 aliphatic carbocycles. The zero-order valence-corrected chi connectivity index (χ0v) is 14.1. The lowest BCUT2D eigenvalue weighted by atomic mass is 9.87. The number of likely N-dealkylation sites (tertiary alicyclic amines) is 1.